The predicted octanol–water partition coefficient (Wildman–Crippen LogP) is 1.60. The van der Waals surface area contributed by atoms with Gasteiger partial charge >= 0.3 is 5.97 Å². The highest BCUT2D eigenvalue weighted by Crippen LogP contribution is 1.82. The molecule has 0 spiro atoms. The number of hydrogen-bond donors (Lipinski definition) is 2. The maximum atomic E-state index is 9.60. The second kappa shape index (κ2) is 11.6. The molecule has 0 heterocycles. The molecule has 0 unspecified atom stereocenters. The van der Waals surface area contributed by atoms with Gasteiger partial charge in [0.1, 0.15) is 6.11 Å². The fraction of sp³-hybridized carbons (Fsp3) is 0.625. The first-order valence-corrected chi connectivity index (χ1v) is 3.52. The normalized spacial score (nSPS) is 6.73. The van der Waals surface area contributed by atoms with Crippen LogP contribution in [0.15, 0.2) is 0 Å². The standard InChI is InChI=1S/C4H8O2.C4H6O/c1-2-3-4(5)6;1-2-3-4-5/h2-3H2,1H3,(H,5,6);5H,2H2,1H3. The summed E-state index contributed by atoms with van der Waals surface area (Å²) in [6.45, 7) is 3.72. The van der Waals surface area contributed by atoms with E-state index in [1.807, 2.05) is 13.8 Å². The molecule has 0 saturated carbocycles. The van der Waals surface area contributed by atoms with Crippen LogP contribution in [0, 0.1) is 12.0 Å². The second-order valence-corrected chi connectivity index (χ2v) is 1.79. The van der Waals surface area contributed by atoms with E-state index in [2.05, 4.69) is 5.92 Å². The maximum absolute atomic E-state index is 9.60. The van der Waals surface area contributed by atoms with E-state index < -0.39 is 5.97 Å². The summed E-state index contributed by atoms with van der Waals surface area (Å²) in [5.74, 6) is 1.71. The highest BCUT2D eigenvalue weighted by Gasteiger charge is 1.87. The minimum Gasteiger partial charge on any atom is -0.481 e. The predicted molar refractivity (Wildman–Crippen MR) is 42.5 cm³/mol. The number of aliphatic carboxylic acids is 1. The zero-order valence-electron chi connectivity index (χ0n) is 6.92. The molecule has 0 radical (unpaired) electrons. The SMILES string of the molecule is CCC#CO.CCCC(=O)O. The Labute approximate surface area is 67.0 Å². The van der Waals surface area contributed by atoms with E-state index in [9.17, 15) is 4.79 Å². The van der Waals surface area contributed by atoms with Gasteiger partial charge in [0.05, 0.1) is 0 Å². The minimum absolute atomic E-state index is 0.292. The summed E-state index contributed by atoms with van der Waals surface area (Å²) in [5.41, 5.74) is 0. The molecule has 64 valence electrons. The van der Waals surface area contributed by atoms with Gasteiger partial charge in [-0.05, 0) is 6.42 Å². The first-order chi connectivity index (χ1) is 5.18. The summed E-state index contributed by atoms with van der Waals surface area (Å²) in [6.07, 6.45) is 3.52. The van der Waals surface area contributed by atoms with Gasteiger partial charge in [0.15, 0.2) is 0 Å². The van der Waals surface area contributed by atoms with Gasteiger partial charge in [-0.2, -0.15) is 0 Å². The Balaban J connectivity index is 0. The molecule has 0 aromatic carbocycles. The fourth-order valence-electron chi connectivity index (χ4n) is 0.293. The Morgan fingerprint density at radius 1 is 1.45 bits per heavy atom. The molecule has 3 nitrogen and oxygen atoms in total. The molecule has 0 aliphatic rings. The molecule has 0 aliphatic heterocycles. The summed E-state index contributed by atoms with van der Waals surface area (Å²) < 4.78 is 0. The van der Waals surface area contributed by atoms with Crippen molar-refractivity contribution in [3.63, 3.8) is 0 Å². The van der Waals surface area contributed by atoms with Crippen LogP contribution in [0.1, 0.15) is 33.1 Å². The third-order valence-electron chi connectivity index (χ3n) is 0.720. The maximum Gasteiger partial charge on any atom is 0.303 e. The molecule has 0 rings (SSSR count). The molecule has 0 bridgehead atoms. The van der Waals surface area contributed by atoms with Gasteiger partial charge in [-0.1, -0.05) is 19.8 Å². The van der Waals surface area contributed by atoms with E-state index in [1.165, 1.54) is 0 Å². The average Bonchev–Trinajstić information content (AvgIpc) is 1.90. The minimum atomic E-state index is -0.711. The fourth-order valence-corrected chi connectivity index (χ4v) is 0.293. The third kappa shape index (κ3) is 28.1. The number of rotatable bonds is 2. The molecule has 11 heavy (non-hydrogen) atoms. The van der Waals surface area contributed by atoms with E-state index in [1.54, 1.807) is 6.11 Å². The van der Waals surface area contributed by atoms with E-state index >= 15 is 0 Å². The van der Waals surface area contributed by atoms with Crippen molar-refractivity contribution in [2.45, 2.75) is 33.1 Å². The number of carboxylic acids is 1. The molecule has 3 heteroatoms. The lowest BCUT2D eigenvalue weighted by Gasteiger charge is -1.79. The molecular formula is C8H14O3. The summed E-state index contributed by atoms with van der Waals surface area (Å²) >= 11 is 0. The quantitative estimate of drug-likeness (QED) is 0.600. The number of carboxylic acid groups (broad SMARTS) is 1. The lowest BCUT2D eigenvalue weighted by Crippen LogP contribution is -1.90. The van der Waals surface area contributed by atoms with Gasteiger partial charge in [-0.25, -0.2) is 0 Å². The zero-order valence-corrected chi connectivity index (χ0v) is 6.92. The highest BCUT2D eigenvalue weighted by molar-refractivity contribution is 5.66. The third-order valence-corrected chi connectivity index (χ3v) is 0.720. The van der Waals surface area contributed by atoms with Gasteiger partial charge in [0.25, 0.3) is 0 Å². The van der Waals surface area contributed by atoms with Crippen molar-refractivity contribution in [1.82, 2.24) is 0 Å². The molecule has 0 fully saturated rings. The number of hydrogen-bond acceptors (Lipinski definition) is 2. The Kier molecular flexibility index (Phi) is 13.2. The van der Waals surface area contributed by atoms with E-state index in [-0.39, 0.29) is 0 Å². The van der Waals surface area contributed by atoms with E-state index in [0.29, 0.717) is 6.42 Å². The van der Waals surface area contributed by atoms with Crippen LogP contribution >= 0.6 is 0 Å². The van der Waals surface area contributed by atoms with Crippen molar-refractivity contribution in [3.8, 4) is 12.0 Å². The first kappa shape index (κ1) is 12.5. The van der Waals surface area contributed by atoms with Gasteiger partial charge in [-0.15, -0.1) is 0 Å². The van der Waals surface area contributed by atoms with Crippen LogP contribution in [0.3, 0.4) is 0 Å². The molecule has 0 aliphatic carbocycles. The second-order valence-electron chi connectivity index (χ2n) is 1.79. The molecule has 0 aromatic rings. The zero-order chi connectivity index (χ0) is 9.11. The Hall–Kier alpha value is -1.17. The monoisotopic (exact) mass is 158 g/mol. The number of aliphatic hydroxyl groups is 1. The van der Waals surface area contributed by atoms with Gasteiger partial charge in [0, 0.05) is 12.8 Å². The summed E-state index contributed by atoms with van der Waals surface area (Å²) in [5, 5.41) is 15.6. The Morgan fingerprint density at radius 3 is 2.00 bits per heavy atom. The van der Waals surface area contributed by atoms with E-state index in [0.717, 1.165) is 12.8 Å². The van der Waals surface area contributed by atoms with Gasteiger partial charge in [0.2, 0.25) is 0 Å². The largest absolute Gasteiger partial charge is 0.481 e. The van der Waals surface area contributed by atoms with Gasteiger partial charge < -0.3 is 10.2 Å². The van der Waals surface area contributed by atoms with Crippen molar-refractivity contribution in [3.05, 3.63) is 0 Å². The van der Waals surface area contributed by atoms with Crippen molar-refractivity contribution >= 4 is 5.97 Å². The van der Waals surface area contributed by atoms with Crippen LogP contribution in [0.2, 0.25) is 0 Å². The van der Waals surface area contributed by atoms with Crippen LogP contribution in [-0.4, -0.2) is 16.2 Å². The van der Waals surface area contributed by atoms with Crippen LogP contribution in [0.25, 0.3) is 0 Å². The molecule has 0 aromatic heterocycles. The smallest absolute Gasteiger partial charge is 0.303 e. The highest BCUT2D eigenvalue weighted by atomic mass is 16.4. The van der Waals surface area contributed by atoms with Crippen molar-refractivity contribution in [2.75, 3.05) is 0 Å². The summed E-state index contributed by atoms with van der Waals surface area (Å²) in [6, 6.07) is 0. The molecule has 2 N–H and O–H groups in total. The van der Waals surface area contributed by atoms with Crippen molar-refractivity contribution < 1.29 is 15.0 Å². The first-order valence-electron chi connectivity index (χ1n) is 3.52. The topological polar surface area (TPSA) is 57.5 Å². The molecule has 0 amide bonds. The van der Waals surface area contributed by atoms with Crippen molar-refractivity contribution in [1.29, 1.82) is 0 Å². The van der Waals surface area contributed by atoms with Crippen molar-refractivity contribution in [2.24, 2.45) is 0 Å². The lowest BCUT2D eigenvalue weighted by molar-refractivity contribution is -0.137. The van der Waals surface area contributed by atoms with Gasteiger partial charge in [-0.3, -0.25) is 4.79 Å². The average molecular weight is 158 g/mol. The number of aliphatic hydroxyl groups excluding tert-OH is 1. The van der Waals surface area contributed by atoms with Crippen LogP contribution < -0.4 is 0 Å². The molecular weight excluding hydrogens is 144 g/mol. The number of carbonyl (C=O) groups is 1. The van der Waals surface area contributed by atoms with Crippen LogP contribution in [0.5, 0.6) is 0 Å². The van der Waals surface area contributed by atoms with Crippen LogP contribution in [-0.2, 0) is 4.79 Å². The van der Waals surface area contributed by atoms with Crippen LogP contribution in [0.4, 0.5) is 0 Å². The summed E-state index contributed by atoms with van der Waals surface area (Å²) in [7, 11) is 0. The summed E-state index contributed by atoms with van der Waals surface area (Å²) in [4.78, 5) is 9.60. The molecule has 0 atom stereocenters. The molecule has 0 saturated heterocycles. The van der Waals surface area contributed by atoms with E-state index in [4.69, 9.17) is 10.2 Å². The lowest BCUT2D eigenvalue weighted by atomic mass is 10.4. The Morgan fingerprint density at radius 2 is 2.00 bits per heavy atom. The Bertz CT molecular complexity index is 141.